The average molecular weight is 212 g/mol. The Labute approximate surface area is 95.0 Å². The highest BCUT2D eigenvalue weighted by Crippen LogP contribution is 2.35. The third-order valence-electron chi connectivity index (χ3n) is 3.95. The largest absolute Gasteiger partial charge is 0.271 e. The lowest BCUT2D eigenvalue weighted by molar-refractivity contribution is 0.161. The monoisotopic (exact) mass is 212 g/mol. The fourth-order valence-electron chi connectivity index (χ4n) is 3.15. The van der Waals surface area contributed by atoms with Crippen LogP contribution in [-0.4, -0.2) is 6.04 Å². The van der Waals surface area contributed by atoms with Gasteiger partial charge in [0.25, 0.3) is 0 Å². The highest BCUT2D eigenvalue weighted by molar-refractivity contribution is 4.84. The summed E-state index contributed by atoms with van der Waals surface area (Å²) in [7, 11) is 0. The van der Waals surface area contributed by atoms with Crippen molar-refractivity contribution in [2.75, 3.05) is 0 Å². The summed E-state index contributed by atoms with van der Waals surface area (Å²) in [6.45, 7) is 6.90. The molecule has 0 amide bonds. The van der Waals surface area contributed by atoms with Gasteiger partial charge in [-0.25, -0.2) is 0 Å². The second-order valence-corrected chi connectivity index (χ2v) is 5.52. The van der Waals surface area contributed by atoms with Gasteiger partial charge in [-0.15, -0.1) is 0 Å². The van der Waals surface area contributed by atoms with Gasteiger partial charge in [0.05, 0.1) is 0 Å². The molecule has 0 aromatic rings. The van der Waals surface area contributed by atoms with Gasteiger partial charge in [-0.2, -0.15) is 0 Å². The van der Waals surface area contributed by atoms with Gasteiger partial charge in [0.1, 0.15) is 0 Å². The number of hydrogen-bond donors (Lipinski definition) is 2. The topological polar surface area (TPSA) is 38.0 Å². The summed E-state index contributed by atoms with van der Waals surface area (Å²) < 4.78 is 0. The van der Waals surface area contributed by atoms with E-state index in [1.54, 1.807) is 0 Å². The molecular weight excluding hydrogens is 184 g/mol. The molecule has 1 fully saturated rings. The predicted octanol–water partition coefficient (Wildman–Crippen LogP) is 3.08. The molecule has 0 bridgehead atoms. The summed E-state index contributed by atoms with van der Waals surface area (Å²) in [4.78, 5) is 0. The zero-order valence-corrected chi connectivity index (χ0v) is 10.6. The molecule has 3 N–H and O–H groups in total. The van der Waals surface area contributed by atoms with E-state index in [1.165, 1.54) is 38.5 Å². The standard InChI is InChI=1S/C13H28N2/c1-4-11-7-5-6-8-12(11)13(15-14)9-10(2)3/h10-13,15H,4-9,14H2,1-3H3. The number of hydrogen-bond acceptors (Lipinski definition) is 2. The van der Waals surface area contributed by atoms with Crippen LogP contribution in [-0.2, 0) is 0 Å². The van der Waals surface area contributed by atoms with Crippen molar-refractivity contribution >= 4 is 0 Å². The van der Waals surface area contributed by atoms with E-state index in [9.17, 15) is 0 Å². The molecule has 0 spiro atoms. The minimum Gasteiger partial charge on any atom is -0.271 e. The van der Waals surface area contributed by atoms with Crippen LogP contribution in [0.1, 0.15) is 59.3 Å². The maximum absolute atomic E-state index is 5.72. The van der Waals surface area contributed by atoms with Crippen molar-refractivity contribution in [2.24, 2.45) is 23.6 Å². The van der Waals surface area contributed by atoms with E-state index in [2.05, 4.69) is 26.2 Å². The Morgan fingerprint density at radius 2 is 1.93 bits per heavy atom. The number of nitrogens with one attached hydrogen (secondary N) is 1. The molecule has 0 saturated heterocycles. The van der Waals surface area contributed by atoms with Crippen LogP contribution in [0.15, 0.2) is 0 Å². The SMILES string of the molecule is CCC1CCCCC1C(CC(C)C)NN. The second kappa shape index (κ2) is 6.49. The third-order valence-corrected chi connectivity index (χ3v) is 3.95. The fourth-order valence-corrected chi connectivity index (χ4v) is 3.15. The maximum atomic E-state index is 5.72. The molecule has 3 atom stereocenters. The molecule has 0 radical (unpaired) electrons. The minimum absolute atomic E-state index is 0.537. The Morgan fingerprint density at radius 3 is 2.47 bits per heavy atom. The molecule has 1 rings (SSSR count). The van der Waals surface area contributed by atoms with Crippen molar-refractivity contribution < 1.29 is 0 Å². The van der Waals surface area contributed by atoms with Crippen molar-refractivity contribution in [3.8, 4) is 0 Å². The van der Waals surface area contributed by atoms with Crippen LogP contribution in [0, 0.1) is 17.8 Å². The Morgan fingerprint density at radius 1 is 1.27 bits per heavy atom. The molecule has 1 aliphatic carbocycles. The Bertz CT molecular complexity index is 168. The Hall–Kier alpha value is -0.0800. The molecule has 0 heterocycles. The van der Waals surface area contributed by atoms with Gasteiger partial charge < -0.3 is 0 Å². The lowest BCUT2D eigenvalue weighted by Gasteiger charge is -2.37. The van der Waals surface area contributed by atoms with Gasteiger partial charge in [-0.05, 0) is 30.6 Å². The zero-order valence-electron chi connectivity index (χ0n) is 10.6. The molecule has 90 valence electrons. The van der Waals surface area contributed by atoms with E-state index in [0.717, 1.165) is 17.8 Å². The summed E-state index contributed by atoms with van der Waals surface area (Å²) in [5, 5.41) is 0. The highest BCUT2D eigenvalue weighted by Gasteiger charge is 2.30. The summed E-state index contributed by atoms with van der Waals surface area (Å²) in [6, 6.07) is 0.537. The van der Waals surface area contributed by atoms with E-state index >= 15 is 0 Å². The predicted molar refractivity (Wildman–Crippen MR) is 66.3 cm³/mol. The lowest BCUT2D eigenvalue weighted by Crippen LogP contribution is -2.45. The van der Waals surface area contributed by atoms with Crippen molar-refractivity contribution in [1.82, 2.24) is 5.43 Å². The van der Waals surface area contributed by atoms with Gasteiger partial charge in [0, 0.05) is 6.04 Å². The van der Waals surface area contributed by atoms with Crippen molar-refractivity contribution in [3.63, 3.8) is 0 Å². The van der Waals surface area contributed by atoms with E-state index < -0.39 is 0 Å². The number of hydrazine groups is 1. The van der Waals surface area contributed by atoms with Gasteiger partial charge in [0.2, 0.25) is 0 Å². The number of nitrogens with two attached hydrogens (primary N) is 1. The fraction of sp³-hybridized carbons (Fsp3) is 1.00. The molecule has 0 aromatic carbocycles. The van der Waals surface area contributed by atoms with Crippen LogP contribution >= 0.6 is 0 Å². The smallest absolute Gasteiger partial charge is 0.0243 e. The maximum Gasteiger partial charge on any atom is 0.0243 e. The van der Waals surface area contributed by atoms with Crippen LogP contribution in [0.3, 0.4) is 0 Å². The molecule has 1 aliphatic rings. The van der Waals surface area contributed by atoms with Crippen LogP contribution in [0.4, 0.5) is 0 Å². The van der Waals surface area contributed by atoms with E-state index in [0.29, 0.717) is 6.04 Å². The van der Waals surface area contributed by atoms with Crippen molar-refractivity contribution in [2.45, 2.75) is 65.3 Å². The molecule has 2 nitrogen and oxygen atoms in total. The van der Waals surface area contributed by atoms with Crippen LogP contribution in [0.2, 0.25) is 0 Å². The zero-order chi connectivity index (χ0) is 11.3. The van der Waals surface area contributed by atoms with Crippen molar-refractivity contribution in [3.05, 3.63) is 0 Å². The first-order valence-corrected chi connectivity index (χ1v) is 6.65. The third kappa shape index (κ3) is 3.76. The average Bonchev–Trinajstić information content (AvgIpc) is 2.25. The molecule has 15 heavy (non-hydrogen) atoms. The minimum atomic E-state index is 0.537. The molecule has 0 aromatic heterocycles. The first-order chi connectivity index (χ1) is 7.19. The molecule has 1 saturated carbocycles. The van der Waals surface area contributed by atoms with Gasteiger partial charge >= 0.3 is 0 Å². The Balaban J connectivity index is 2.55. The molecular formula is C13H28N2. The van der Waals surface area contributed by atoms with E-state index in [-0.39, 0.29) is 0 Å². The van der Waals surface area contributed by atoms with E-state index in [1.807, 2.05) is 0 Å². The normalized spacial score (nSPS) is 29.4. The summed E-state index contributed by atoms with van der Waals surface area (Å²) in [5.74, 6) is 8.18. The highest BCUT2D eigenvalue weighted by atomic mass is 15.2. The summed E-state index contributed by atoms with van der Waals surface area (Å²) in [6.07, 6.45) is 8.15. The molecule has 0 aliphatic heterocycles. The van der Waals surface area contributed by atoms with Crippen LogP contribution in [0.5, 0.6) is 0 Å². The first kappa shape index (κ1) is 13.0. The number of rotatable bonds is 5. The second-order valence-electron chi connectivity index (χ2n) is 5.52. The summed E-state index contributed by atoms with van der Waals surface area (Å²) >= 11 is 0. The molecule has 3 unspecified atom stereocenters. The Kier molecular flexibility index (Phi) is 5.62. The van der Waals surface area contributed by atoms with Crippen molar-refractivity contribution in [1.29, 1.82) is 0 Å². The van der Waals surface area contributed by atoms with E-state index in [4.69, 9.17) is 5.84 Å². The van der Waals surface area contributed by atoms with Gasteiger partial charge in [-0.1, -0.05) is 46.5 Å². The van der Waals surface area contributed by atoms with Gasteiger partial charge in [0.15, 0.2) is 0 Å². The first-order valence-electron chi connectivity index (χ1n) is 6.65. The lowest BCUT2D eigenvalue weighted by atomic mass is 9.72. The van der Waals surface area contributed by atoms with Crippen LogP contribution < -0.4 is 11.3 Å². The summed E-state index contributed by atoms with van der Waals surface area (Å²) in [5.41, 5.74) is 3.07. The van der Waals surface area contributed by atoms with Gasteiger partial charge in [-0.3, -0.25) is 11.3 Å². The van der Waals surface area contributed by atoms with Crippen LogP contribution in [0.25, 0.3) is 0 Å². The molecule has 2 heteroatoms. The quantitative estimate of drug-likeness (QED) is 0.543.